The summed E-state index contributed by atoms with van der Waals surface area (Å²) >= 11 is 7.24. The fourth-order valence-corrected chi connectivity index (χ4v) is 3.24. The van der Waals surface area contributed by atoms with E-state index < -0.39 is 12.1 Å². The van der Waals surface area contributed by atoms with Crippen molar-refractivity contribution < 1.29 is 14.3 Å². The Morgan fingerprint density at radius 2 is 2.14 bits per heavy atom. The van der Waals surface area contributed by atoms with Crippen LogP contribution in [-0.2, 0) is 22.5 Å². The zero-order valence-electron chi connectivity index (χ0n) is 11.0. The van der Waals surface area contributed by atoms with Crippen molar-refractivity contribution in [2.75, 3.05) is 0 Å². The van der Waals surface area contributed by atoms with Crippen molar-refractivity contribution >= 4 is 34.8 Å². The summed E-state index contributed by atoms with van der Waals surface area (Å²) in [5, 5.41) is 2.77. The molecular weight excluding hydrogens is 310 g/mol. The summed E-state index contributed by atoms with van der Waals surface area (Å²) in [5.41, 5.74) is 1.37. The van der Waals surface area contributed by atoms with Crippen LogP contribution in [0.5, 0.6) is 0 Å². The van der Waals surface area contributed by atoms with Gasteiger partial charge in [-0.2, -0.15) is 0 Å². The second-order valence-electron chi connectivity index (χ2n) is 4.68. The Labute approximate surface area is 130 Å². The highest BCUT2D eigenvalue weighted by Gasteiger charge is 2.30. The van der Waals surface area contributed by atoms with Crippen molar-refractivity contribution in [2.45, 2.75) is 19.1 Å². The quantitative estimate of drug-likeness (QED) is 0.884. The summed E-state index contributed by atoms with van der Waals surface area (Å²) in [4.78, 5) is 24.9. The Morgan fingerprint density at radius 1 is 1.33 bits per heavy atom. The Bertz CT molecular complexity index is 698. The number of fused-ring (bicyclic) bond motifs is 1. The van der Waals surface area contributed by atoms with E-state index in [1.807, 2.05) is 18.2 Å². The molecule has 0 saturated carbocycles. The van der Waals surface area contributed by atoms with Gasteiger partial charge in [0.05, 0.1) is 16.4 Å². The maximum absolute atomic E-state index is 12.1. The molecule has 6 heteroatoms. The number of hydrogen-bond acceptors (Lipinski definition) is 4. The van der Waals surface area contributed by atoms with Crippen molar-refractivity contribution in [3.05, 3.63) is 56.7 Å². The SMILES string of the molecule is O=C1O[C@@H](C(=O)NCc2ccc(Cl)s2)Cc2ccccc21. The van der Waals surface area contributed by atoms with Gasteiger partial charge in [-0.3, -0.25) is 4.79 Å². The van der Waals surface area contributed by atoms with Crippen molar-refractivity contribution in [1.82, 2.24) is 5.32 Å². The number of cyclic esters (lactones) is 1. The molecule has 3 rings (SSSR count). The molecule has 0 fully saturated rings. The van der Waals surface area contributed by atoms with E-state index in [0.29, 0.717) is 22.9 Å². The standard InChI is InChI=1S/C15H12ClNO3S/c16-13-6-5-10(21-13)8-17-14(18)12-7-9-3-1-2-4-11(9)15(19)20-12/h1-6,12H,7-8H2,(H,17,18)/t12-/m1/s1. The van der Waals surface area contributed by atoms with Gasteiger partial charge in [0.2, 0.25) is 0 Å². The molecule has 0 bridgehead atoms. The molecule has 1 aromatic heterocycles. The van der Waals surface area contributed by atoms with Crippen molar-refractivity contribution in [3.63, 3.8) is 0 Å². The zero-order valence-corrected chi connectivity index (χ0v) is 12.5. The number of nitrogens with one attached hydrogen (secondary N) is 1. The predicted octanol–water partition coefficient (Wildman–Crippen LogP) is 2.80. The van der Waals surface area contributed by atoms with E-state index in [1.54, 1.807) is 18.2 Å². The van der Waals surface area contributed by atoms with Crippen LogP contribution < -0.4 is 5.32 Å². The van der Waals surface area contributed by atoms with Gasteiger partial charge in [-0.25, -0.2) is 4.79 Å². The van der Waals surface area contributed by atoms with Crippen LogP contribution in [0.4, 0.5) is 0 Å². The fraction of sp³-hybridized carbons (Fsp3) is 0.200. The van der Waals surface area contributed by atoms with Gasteiger partial charge in [-0.15, -0.1) is 11.3 Å². The third kappa shape index (κ3) is 3.09. The Balaban J connectivity index is 1.65. The number of carbonyl (C=O) groups is 2. The van der Waals surface area contributed by atoms with Gasteiger partial charge >= 0.3 is 5.97 Å². The first-order valence-electron chi connectivity index (χ1n) is 6.44. The molecule has 0 radical (unpaired) electrons. The minimum atomic E-state index is -0.775. The molecule has 2 heterocycles. The highest BCUT2D eigenvalue weighted by molar-refractivity contribution is 7.16. The monoisotopic (exact) mass is 321 g/mol. The molecule has 108 valence electrons. The average molecular weight is 322 g/mol. The van der Waals surface area contributed by atoms with Gasteiger partial charge in [0, 0.05) is 11.3 Å². The molecule has 2 aromatic rings. The second-order valence-corrected chi connectivity index (χ2v) is 6.48. The zero-order chi connectivity index (χ0) is 14.8. The summed E-state index contributed by atoms with van der Waals surface area (Å²) in [7, 11) is 0. The highest BCUT2D eigenvalue weighted by Crippen LogP contribution is 2.22. The van der Waals surface area contributed by atoms with Crippen LogP contribution in [0.15, 0.2) is 36.4 Å². The lowest BCUT2D eigenvalue weighted by Gasteiger charge is -2.23. The number of hydrogen-bond donors (Lipinski definition) is 1. The molecule has 0 aliphatic carbocycles. The summed E-state index contributed by atoms with van der Waals surface area (Å²) in [6.45, 7) is 0.381. The minimum Gasteiger partial charge on any atom is -0.448 e. The topological polar surface area (TPSA) is 55.4 Å². The number of esters is 1. The molecule has 4 nitrogen and oxygen atoms in total. The molecule has 1 aliphatic heterocycles. The van der Waals surface area contributed by atoms with E-state index >= 15 is 0 Å². The number of thiophene rings is 1. The smallest absolute Gasteiger partial charge is 0.339 e. The normalized spacial score (nSPS) is 17.0. The van der Waals surface area contributed by atoms with E-state index in [2.05, 4.69) is 5.32 Å². The lowest BCUT2D eigenvalue weighted by Crippen LogP contribution is -2.41. The molecule has 1 atom stereocenters. The van der Waals surface area contributed by atoms with Crippen LogP contribution in [0.3, 0.4) is 0 Å². The number of benzene rings is 1. The second kappa shape index (κ2) is 5.87. The number of carbonyl (C=O) groups excluding carboxylic acids is 2. The van der Waals surface area contributed by atoms with Gasteiger partial charge in [0.15, 0.2) is 6.10 Å². The summed E-state index contributed by atoms with van der Waals surface area (Å²) in [6.07, 6.45) is -0.373. The third-order valence-corrected chi connectivity index (χ3v) is 4.48. The molecule has 1 N–H and O–H groups in total. The lowest BCUT2D eigenvalue weighted by molar-refractivity contribution is -0.130. The largest absolute Gasteiger partial charge is 0.448 e. The summed E-state index contributed by atoms with van der Waals surface area (Å²) < 4.78 is 5.87. The number of halogens is 1. The first-order valence-corrected chi connectivity index (χ1v) is 7.64. The van der Waals surface area contributed by atoms with Gasteiger partial charge < -0.3 is 10.1 Å². The molecule has 1 aliphatic rings. The van der Waals surface area contributed by atoms with Crippen LogP contribution >= 0.6 is 22.9 Å². The summed E-state index contributed by atoms with van der Waals surface area (Å²) in [6, 6.07) is 10.8. The van der Waals surface area contributed by atoms with Crippen molar-refractivity contribution in [3.8, 4) is 0 Å². The van der Waals surface area contributed by atoms with Gasteiger partial charge in [-0.05, 0) is 23.8 Å². The average Bonchev–Trinajstić information content (AvgIpc) is 2.90. The maximum Gasteiger partial charge on any atom is 0.339 e. The van der Waals surface area contributed by atoms with Crippen molar-refractivity contribution in [1.29, 1.82) is 0 Å². The van der Waals surface area contributed by atoms with E-state index in [-0.39, 0.29) is 5.91 Å². The van der Waals surface area contributed by atoms with Crippen LogP contribution in [0.2, 0.25) is 4.34 Å². The van der Waals surface area contributed by atoms with E-state index in [4.69, 9.17) is 16.3 Å². The molecular formula is C15H12ClNO3S. The molecule has 0 saturated heterocycles. The number of rotatable bonds is 3. The lowest BCUT2D eigenvalue weighted by atomic mass is 9.98. The van der Waals surface area contributed by atoms with Crippen LogP contribution in [0, 0.1) is 0 Å². The van der Waals surface area contributed by atoms with E-state index in [0.717, 1.165) is 10.4 Å². The van der Waals surface area contributed by atoms with Gasteiger partial charge in [0.1, 0.15) is 0 Å². The Morgan fingerprint density at radius 3 is 2.90 bits per heavy atom. The fourth-order valence-electron chi connectivity index (χ4n) is 2.21. The van der Waals surface area contributed by atoms with Crippen LogP contribution in [-0.4, -0.2) is 18.0 Å². The molecule has 0 spiro atoms. The molecule has 1 aromatic carbocycles. The maximum atomic E-state index is 12.1. The van der Waals surface area contributed by atoms with E-state index in [9.17, 15) is 9.59 Å². The third-order valence-electron chi connectivity index (χ3n) is 3.25. The van der Waals surface area contributed by atoms with Crippen molar-refractivity contribution in [2.24, 2.45) is 0 Å². The first-order chi connectivity index (χ1) is 10.1. The predicted molar refractivity (Wildman–Crippen MR) is 80.5 cm³/mol. The van der Waals surface area contributed by atoms with Crippen LogP contribution in [0.1, 0.15) is 20.8 Å². The van der Waals surface area contributed by atoms with E-state index in [1.165, 1.54) is 11.3 Å². The van der Waals surface area contributed by atoms with Crippen LogP contribution in [0.25, 0.3) is 0 Å². The Hall–Kier alpha value is -1.85. The Kier molecular flexibility index (Phi) is 3.94. The number of ether oxygens (including phenoxy) is 1. The van der Waals surface area contributed by atoms with Gasteiger partial charge in [0.25, 0.3) is 5.91 Å². The summed E-state index contributed by atoms with van der Waals surface area (Å²) in [5.74, 6) is -0.737. The molecule has 21 heavy (non-hydrogen) atoms. The highest BCUT2D eigenvalue weighted by atomic mass is 35.5. The van der Waals surface area contributed by atoms with Gasteiger partial charge in [-0.1, -0.05) is 29.8 Å². The molecule has 0 unspecified atom stereocenters. The minimum absolute atomic E-state index is 0.289. The number of amides is 1. The molecule has 1 amide bonds. The first kappa shape index (κ1) is 14.1.